The normalized spacial score (nSPS) is 10.1. The van der Waals surface area contributed by atoms with E-state index in [1.807, 2.05) is 6.20 Å². The zero-order chi connectivity index (χ0) is 10.4. The minimum absolute atomic E-state index is 0.260. The van der Waals surface area contributed by atoms with Crippen LogP contribution in [-0.4, -0.2) is 34.2 Å². The van der Waals surface area contributed by atoms with Gasteiger partial charge >= 0.3 is 6.09 Å². The molecule has 0 unspecified atom stereocenters. The summed E-state index contributed by atoms with van der Waals surface area (Å²) in [5, 5.41) is 10.7. The van der Waals surface area contributed by atoms with Gasteiger partial charge in [-0.2, -0.15) is 0 Å². The minimum Gasteiger partial charge on any atom is -0.448 e. The predicted octanol–water partition coefficient (Wildman–Crippen LogP) is -1.000. The summed E-state index contributed by atoms with van der Waals surface area (Å²) in [6, 6.07) is 0. The highest BCUT2D eigenvalue weighted by atomic mass is 16.5. The fourth-order valence-electron chi connectivity index (χ4n) is 0.917. The van der Waals surface area contributed by atoms with E-state index in [9.17, 15) is 4.79 Å². The molecular weight excluding hydrogens is 186 g/mol. The van der Waals surface area contributed by atoms with E-state index < -0.39 is 6.09 Å². The molecule has 1 aromatic heterocycles. The fourth-order valence-corrected chi connectivity index (χ4v) is 0.917. The first-order valence-corrected chi connectivity index (χ1v) is 4.16. The van der Waals surface area contributed by atoms with Gasteiger partial charge < -0.3 is 15.8 Å². The Morgan fingerprint density at radius 1 is 1.79 bits per heavy atom. The van der Waals surface area contributed by atoms with Crippen LogP contribution in [0.4, 0.5) is 4.79 Å². The van der Waals surface area contributed by atoms with Crippen molar-refractivity contribution in [2.24, 2.45) is 12.8 Å². The molecule has 0 aliphatic rings. The van der Waals surface area contributed by atoms with E-state index in [2.05, 4.69) is 20.4 Å². The molecular formula is C7H13N5O2. The molecule has 0 bridgehead atoms. The number of aryl methyl sites for hydroxylation is 1. The molecule has 14 heavy (non-hydrogen) atoms. The molecule has 0 saturated carbocycles. The van der Waals surface area contributed by atoms with Crippen molar-refractivity contribution in [2.75, 3.05) is 13.2 Å². The number of nitrogens with two attached hydrogens (primary N) is 1. The van der Waals surface area contributed by atoms with Gasteiger partial charge in [0.25, 0.3) is 0 Å². The zero-order valence-electron chi connectivity index (χ0n) is 7.93. The predicted molar refractivity (Wildman–Crippen MR) is 48.2 cm³/mol. The first-order valence-electron chi connectivity index (χ1n) is 4.16. The summed E-state index contributed by atoms with van der Waals surface area (Å²) in [6.45, 7) is 1.39. The van der Waals surface area contributed by atoms with Crippen molar-refractivity contribution >= 4 is 6.09 Å². The van der Waals surface area contributed by atoms with E-state index in [1.165, 1.54) is 0 Å². The largest absolute Gasteiger partial charge is 0.448 e. The summed E-state index contributed by atoms with van der Waals surface area (Å²) in [4.78, 5) is 10.2. The molecule has 0 aliphatic heterocycles. The summed E-state index contributed by atoms with van der Waals surface area (Å²) < 4.78 is 6.14. The quantitative estimate of drug-likeness (QED) is 0.593. The lowest BCUT2D eigenvalue weighted by Crippen LogP contribution is -2.23. The second-order valence-corrected chi connectivity index (χ2v) is 2.73. The highest BCUT2D eigenvalue weighted by Gasteiger charge is 1.97. The first-order chi connectivity index (χ1) is 6.68. The smallest absolute Gasteiger partial charge is 0.404 e. The van der Waals surface area contributed by atoms with Crippen molar-refractivity contribution in [1.82, 2.24) is 20.3 Å². The number of nitrogens with zero attached hydrogens (tertiary/aromatic N) is 3. The summed E-state index contributed by atoms with van der Waals surface area (Å²) in [5.74, 6) is 0. The number of hydrogen-bond acceptors (Lipinski definition) is 5. The molecule has 0 radical (unpaired) electrons. The van der Waals surface area contributed by atoms with Crippen LogP contribution in [0.3, 0.4) is 0 Å². The molecule has 1 aromatic rings. The number of hydrogen-bond donors (Lipinski definition) is 2. The van der Waals surface area contributed by atoms with E-state index in [4.69, 9.17) is 5.73 Å². The Morgan fingerprint density at radius 2 is 2.57 bits per heavy atom. The monoisotopic (exact) mass is 199 g/mol. The third-order valence-electron chi connectivity index (χ3n) is 1.48. The maximum atomic E-state index is 10.2. The van der Waals surface area contributed by atoms with Gasteiger partial charge in [0.1, 0.15) is 6.61 Å². The number of primary amides is 1. The van der Waals surface area contributed by atoms with Gasteiger partial charge in [0.05, 0.1) is 5.69 Å². The van der Waals surface area contributed by atoms with Crippen molar-refractivity contribution in [3.8, 4) is 0 Å². The molecule has 7 heteroatoms. The summed E-state index contributed by atoms with van der Waals surface area (Å²) in [5.41, 5.74) is 5.61. The Labute approximate surface area is 81.2 Å². The van der Waals surface area contributed by atoms with Crippen molar-refractivity contribution < 1.29 is 9.53 Å². The molecule has 78 valence electrons. The SMILES string of the molecule is Cn1cc(CNCCOC(N)=O)nn1. The van der Waals surface area contributed by atoms with Crippen molar-refractivity contribution in [3.05, 3.63) is 11.9 Å². The summed E-state index contributed by atoms with van der Waals surface area (Å²) >= 11 is 0. The van der Waals surface area contributed by atoms with E-state index in [0.717, 1.165) is 5.69 Å². The second-order valence-electron chi connectivity index (χ2n) is 2.73. The average Bonchev–Trinajstić information content (AvgIpc) is 2.50. The van der Waals surface area contributed by atoms with Crippen LogP contribution in [-0.2, 0) is 18.3 Å². The topological polar surface area (TPSA) is 95.1 Å². The molecule has 1 heterocycles. The van der Waals surface area contributed by atoms with Crippen LogP contribution in [0.15, 0.2) is 6.20 Å². The Kier molecular flexibility index (Phi) is 3.86. The van der Waals surface area contributed by atoms with Gasteiger partial charge in [-0.3, -0.25) is 4.68 Å². The maximum absolute atomic E-state index is 10.2. The molecule has 0 aliphatic carbocycles. The van der Waals surface area contributed by atoms with Gasteiger partial charge in [-0.1, -0.05) is 5.21 Å². The zero-order valence-corrected chi connectivity index (χ0v) is 7.93. The number of aromatic nitrogens is 3. The molecule has 0 atom stereocenters. The summed E-state index contributed by atoms with van der Waals surface area (Å²) in [7, 11) is 1.80. The third kappa shape index (κ3) is 3.85. The lowest BCUT2D eigenvalue weighted by Gasteiger charge is -2.01. The van der Waals surface area contributed by atoms with Crippen LogP contribution in [0.25, 0.3) is 0 Å². The number of nitrogens with one attached hydrogen (secondary N) is 1. The van der Waals surface area contributed by atoms with Crippen LogP contribution >= 0.6 is 0 Å². The molecule has 1 amide bonds. The van der Waals surface area contributed by atoms with Crippen LogP contribution in [0.1, 0.15) is 5.69 Å². The van der Waals surface area contributed by atoms with Gasteiger partial charge in [-0.05, 0) is 0 Å². The Hall–Kier alpha value is -1.63. The fraction of sp³-hybridized carbons (Fsp3) is 0.571. The van der Waals surface area contributed by atoms with E-state index in [1.54, 1.807) is 11.7 Å². The molecule has 1 rings (SSSR count). The Balaban J connectivity index is 2.07. The van der Waals surface area contributed by atoms with E-state index >= 15 is 0 Å². The molecule has 0 spiro atoms. The molecule has 0 saturated heterocycles. The molecule has 3 N–H and O–H groups in total. The minimum atomic E-state index is -0.758. The lowest BCUT2D eigenvalue weighted by atomic mass is 10.4. The number of carbonyl (C=O) groups is 1. The summed E-state index contributed by atoms with van der Waals surface area (Å²) in [6.07, 6.45) is 1.05. The lowest BCUT2D eigenvalue weighted by molar-refractivity contribution is 0.157. The third-order valence-corrected chi connectivity index (χ3v) is 1.48. The van der Waals surface area contributed by atoms with Crippen LogP contribution in [0.2, 0.25) is 0 Å². The molecule has 0 fully saturated rings. The highest BCUT2D eigenvalue weighted by Crippen LogP contribution is 1.88. The van der Waals surface area contributed by atoms with Crippen LogP contribution < -0.4 is 11.1 Å². The van der Waals surface area contributed by atoms with Gasteiger partial charge in [-0.15, -0.1) is 5.10 Å². The first kappa shape index (κ1) is 10.5. The van der Waals surface area contributed by atoms with Gasteiger partial charge in [0.2, 0.25) is 0 Å². The standard InChI is InChI=1S/C7H13N5O2/c1-12-5-6(10-11-12)4-9-2-3-14-7(8)13/h5,9H,2-4H2,1H3,(H2,8,13). The second kappa shape index (κ2) is 5.18. The van der Waals surface area contributed by atoms with Crippen LogP contribution in [0, 0.1) is 0 Å². The molecule has 7 nitrogen and oxygen atoms in total. The Bertz CT molecular complexity index is 298. The average molecular weight is 199 g/mol. The Morgan fingerprint density at radius 3 is 3.14 bits per heavy atom. The number of rotatable bonds is 5. The van der Waals surface area contributed by atoms with Crippen LogP contribution in [0.5, 0.6) is 0 Å². The van der Waals surface area contributed by atoms with Crippen molar-refractivity contribution in [3.63, 3.8) is 0 Å². The maximum Gasteiger partial charge on any atom is 0.404 e. The van der Waals surface area contributed by atoms with E-state index in [-0.39, 0.29) is 6.61 Å². The number of carbonyl (C=O) groups excluding carboxylic acids is 1. The van der Waals surface area contributed by atoms with Gasteiger partial charge in [0, 0.05) is 26.3 Å². The number of amides is 1. The number of ether oxygens (including phenoxy) is 1. The molecule has 0 aromatic carbocycles. The highest BCUT2D eigenvalue weighted by molar-refractivity contribution is 5.64. The van der Waals surface area contributed by atoms with E-state index in [0.29, 0.717) is 13.1 Å². The van der Waals surface area contributed by atoms with Crippen molar-refractivity contribution in [2.45, 2.75) is 6.54 Å². The van der Waals surface area contributed by atoms with Crippen molar-refractivity contribution in [1.29, 1.82) is 0 Å². The van der Waals surface area contributed by atoms with Gasteiger partial charge in [0.15, 0.2) is 0 Å². The van der Waals surface area contributed by atoms with Gasteiger partial charge in [-0.25, -0.2) is 4.79 Å².